The molecule has 2 aromatic rings. The maximum Gasteiger partial charge on any atom is 0.418 e. The summed E-state index contributed by atoms with van der Waals surface area (Å²) in [7, 11) is 0. The van der Waals surface area contributed by atoms with Crippen molar-refractivity contribution in [2.24, 2.45) is 0 Å². The third kappa shape index (κ3) is 5.16. The molecule has 0 aliphatic carbocycles. The molecule has 37 heavy (non-hydrogen) atoms. The molecular weight excluding hydrogens is 520 g/mol. The number of halogens is 5. The molecule has 1 fully saturated rings. The van der Waals surface area contributed by atoms with E-state index < -0.39 is 69.1 Å². The van der Waals surface area contributed by atoms with Crippen LogP contribution >= 0.6 is 11.6 Å². The van der Waals surface area contributed by atoms with Crippen molar-refractivity contribution in [3.8, 4) is 17.1 Å². The van der Waals surface area contributed by atoms with Crippen LogP contribution in [0.5, 0.6) is 5.75 Å². The molecule has 200 valence electrons. The summed E-state index contributed by atoms with van der Waals surface area (Å²) in [4.78, 5) is 36.2. The Morgan fingerprint density at radius 2 is 1.84 bits per heavy atom. The minimum Gasteiger partial charge on any atom is -0.489 e. The van der Waals surface area contributed by atoms with Gasteiger partial charge in [-0.05, 0) is 46.2 Å². The zero-order valence-corrected chi connectivity index (χ0v) is 21.6. The third-order valence-electron chi connectivity index (χ3n) is 5.93. The van der Waals surface area contributed by atoms with Crippen molar-refractivity contribution in [2.75, 3.05) is 26.2 Å². The molecule has 0 saturated carbocycles. The van der Waals surface area contributed by atoms with Gasteiger partial charge in [0.15, 0.2) is 5.75 Å². The number of alkyl halides is 3. The highest BCUT2D eigenvalue weighted by atomic mass is 35.5. The number of carbonyl (C=O) groups excluding carboxylic acids is 2. The molecule has 0 aromatic carbocycles. The molecule has 2 amide bonds. The summed E-state index contributed by atoms with van der Waals surface area (Å²) in [5, 5.41) is -0.461. The van der Waals surface area contributed by atoms with Crippen molar-refractivity contribution in [1.29, 1.82) is 0 Å². The smallest absolute Gasteiger partial charge is 0.418 e. The number of amides is 2. The van der Waals surface area contributed by atoms with Crippen LogP contribution in [0.4, 0.5) is 22.4 Å². The molecule has 2 aromatic heterocycles. The highest BCUT2D eigenvalue weighted by Crippen LogP contribution is 2.44. The zero-order chi connectivity index (χ0) is 27.4. The molecule has 0 unspecified atom stereocenters. The molecule has 0 N–H and O–H groups in total. The molecule has 0 bridgehead atoms. The first-order valence-electron chi connectivity index (χ1n) is 11.4. The number of rotatable bonds is 1. The van der Waals surface area contributed by atoms with Gasteiger partial charge in [-0.25, -0.2) is 9.78 Å². The van der Waals surface area contributed by atoms with Crippen LogP contribution in [0.2, 0.25) is 5.02 Å². The van der Waals surface area contributed by atoms with Crippen LogP contribution < -0.4 is 4.74 Å². The molecule has 2 aliphatic rings. The van der Waals surface area contributed by atoms with Crippen molar-refractivity contribution < 1.29 is 36.6 Å². The van der Waals surface area contributed by atoms with E-state index in [0.29, 0.717) is 0 Å². The number of hydrogen-bond donors (Lipinski definition) is 0. The molecule has 4 heterocycles. The molecular formula is C24H25ClF4N4O4. The van der Waals surface area contributed by atoms with Crippen LogP contribution in [0.3, 0.4) is 0 Å². The first-order valence-corrected chi connectivity index (χ1v) is 11.8. The standard InChI is InChI=1S/C24H25ClF4N4O4/c1-11-8-12(2)30-17(15(11)24(27,28)29)18-16(25)19-14(20(26)31-18)21(34)33-7-6-32(9-13(33)10-36-19)22(35)37-23(3,4)5/h8,13H,6-7,9-10H2,1-5H3/t13-/m1/s1. The normalized spacial score (nSPS) is 18.1. The Labute approximate surface area is 215 Å². The summed E-state index contributed by atoms with van der Waals surface area (Å²) >= 11 is 6.43. The third-order valence-corrected chi connectivity index (χ3v) is 6.28. The highest BCUT2D eigenvalue weighted by molar-refractivity contribution is 6.35. The second kappa shape index (κ2) is 9.30. The van der Waals surface area contributed by atoms with Crippen molar-refractivity contribution in [3.05, 3.63) is 39.4 Å². The topological polar surface area (TPSA) is 84.9 Å². The van der Waals surface area contributed by atoms with E-state index in [1.165, 1.54) is 29.7 Å². The molecule has 13 heteroatoms. The number of piperazine rings is 1. The summed E-state index contributed by atoms with van der Waals surface area (Å²) < 4.78 is 68.1. The fraction of sp³-hybridized carbons (Fsp3) is 0.500. The summed E-state index contributed by atoms with van der Waals surface area (Å²) in [6.07, 6.45) is -5.40. The van der Waals surface area contributed by atoms with Gasteiger partial charge in [0, 0.05) is 25.3 Å². The Bertz CT molecular complexity index is 1280. The number of pyridine rings is 2. The van der Waals surface area contributed by atoms with E-state index in [-0.39, 0.29) is 37.5 Å². The van der Waals surface area contributed by atoms with Gasteiger partial charge in [0.2, 0.25) is 5.95 Å². The summed E-state index contributed by atoms with van der Waals surface area (Å²) in [6.45, 7) is 7.95. The summed E-state index contributed by atoms with van der Waals surface area (Å²) in [5.41, 5.74) is -3.57. The van der Waals surface area contributed by atoms with Gasteiger partial charge in [0.25, 0.3) is 5.91 Å². The maximum absolute atomic E-state index is 15.3. The largest absolute Gasteiger partial charge is 0.489 e. The van der Waals surface area contributed by atoms with Crippen molar-refractivity contribution in [1.82, 2.24) is 19.8 Å². The van der Waals surface area contributed by atoms with Crippen LogP contribution in [-0.4, -0.2) is 69.7 Å². The number of nitrogens with zero attached hydrogens (tertiary/aromatic N) is 4. The maximum atomic E-state index is 15.3. The van der Waals surface area contributed by atoms with E-state index in [0.717, 1.165) is 0 Å². The van der Waals surface area contributed by atoms with Gasteiger partial charge in [-0.15, -0.1) is 0 Å². The van der Waals surface area contributed by atoms with Gasteiger partial charge in [-0.2, -0.15) is 17.6 Å². The highest BCUT2D eigenvalue weighted by Gasteiger charge is 2.42. The van der Waals surface area contributed by atoms with Crippen LogP contribution in [0.1, 0.15) is 48.0 Å². The number of ether oxygens (including phenoxy) is 2. The lowest BCUT2D eigenvalue weighted by molar-refractivity contribution is -0.137. The van der Waals surface area contributed by atoms with Crippen LogP contribution in [0.15, 0.2) is 6.07 Å². The Kier molecular flexibility index (Phi) is 6.76. The van der Waals surface area contributed by atoms with E-state index in [1.807, 2.05) is 0 Å². The molecule has 0 spiro atoms. The van der Waals surface area contributed by atoms with Gasteiger partial charge in [-0.3, -0.25) is 9.78 Å². The van der Waals surface area contributed by atoms with E-state index in [4.69, 9.17) is 21.1 Å². The van der Waals surface area contributed by atoms with Gasteiger partial charge in [-0.1, -0.05) is 11.6 Å². The minimum atomic E-state index is -4.82. The minimum absolute atomic E-state index is 0.0466. The molecule has 2 aliphatic heterocycles. The summed E-state index contributed by atoms with van der Waals surface area (Å²) in [6, 6.07) is 0.569. The Hall–Kier alpha value is -3.15. The molecule has 8 nitrogen and oxygen atoms in total. The van der Waals surface area contributed by atoms with Gasteiger partial charge in [0.1, 0.15) is 34.2 Å². The van der Waals surface area contributed by atoms with Gasteiger partial charge < -0.3 is 19.3 Å². The lowest BCUT2D eigenvalue weighted by Crippen LogP contribution is -2.58. The predicted molar refractivity (Wildman–Crippen MR) is 125 cm³/mol. The molecule has 0 radical (unpaired) electrons. The van der Waals surface area contributed by atoms with Crippen LogP contribution in [-0.2, 0) is 10.9 Å². The lowest BCUT2D eigenvalue weighted by atomic mass is 10.0. The predicted octanol–water partition coefficient (Wildman–Crippen LogP) is 5.03. The number of aryl methyl sites for hydroxylation is 2. The van der Waals surface area contributed by atoms with E-state index in [2.05, 4.69) is 9.97 Å². The van der Waals surface area contributed by atoms with Gasteiger partial charge in [0.05, 0.1) is 11.6 Å². The number of fused-ring (bicyclic) bond motifs is 2. The first-order chi connectivity index (χ1) is 17.1. The zero-order valence-electron chi connectivity index (χ0n) is 20.8. The van der Waals surface area contributed by atoms with E-state index in [9.17, 15) is 22.8 Å². The molecule has 1 atom stereocenters. The van der Waals surface area contributed by atoms with Crippen LogP contribution in [0.25, 0.3) is 11.4 Å². The van der Waals surface area contributed by atoms with Crippen molar-refractivity contribution in [3.63, 3.8) is 0 Å². The summed E-state index contributed by atoms with van der Waals surface area (Å²) in [5.74, 6) is -2.53. The molecule has 4 rings (SSSR count). The van der Waals surface area contributed by atoms with Crippen molar-refractivity contribution >= 4 is 23.6 Å². The average molecular weight is 545 g/mol. The number of carbonyl (C=O) groups is 2. The average Bonchev–Trinajstić information content (AvgIpc) is 2.90. The SMILES string of the molecule is Cc1cc(C)c(C(F)(F)F)c(-c2nc(F)c3c(c2Cl)OC[C@H]2CN(C(=O)OC(C)(C)C)CCN2C3=O)n1. The second-order valence-electron chi connectivity index (χ2n) is 9.96. The van der Waals surface area contributed by atoms with Gasteiger partial charge >= 0.3 is 12.3 Å². The molecule has 1 saturated heterocycles. The fourth-order valence-electron chi connectivity index (χ4n) is 4.44. The van der Waals surface area contributed by atoms with Crippen LogP contribution in [0, 0.1) is 19.8 Å². The number of hydrogen-bond acceptors (Lipinski definition) is 6. The first kappa shape index (κ1) is 26.9. The Morgan fingerprint density at radius 1 is 1.16 bits per heavy atom. The Morgan fingerprint density at radius 3 is 2.46 bits per heavy atom. The monoisotopic (exact) mass is 544 g/mol. The van der Waals surface area contributed by atoms with E-state index in [1.54, 1.807) is 20.8 Å². The van der Waals surface area contributed by atoms with E-state index >= 15 is 4.39 Å². The second-order valence-corrected chi connectivity index (χ2v) is 10.3. The fourth-order valence-corrected chi connectivity index (χ4v) is 4.72. The van der Waals surface area contributed by atoms with Crippen molar-refractivity contribution in [2.45, 2.75) is 52.4 Å². The quantitative estimate of drug-likeness (QED) is 0.370. The Balaban J connectivity index is 1.74. The lowest BCUT2D eigenvalue weighted by Gasteiger charge is -2.40. The number of aromatic nitrogens is 2.